The quantitative estimate of drug-likeness (QED) is 0.795. The number of allylic oxidation sites excluding steroid dienone is 1. The van der Waals surface area contributed by atoms with Gasteiger partial charge in [-0.3, -0.25) is 0 Å². The highest BCUT2D eigenvalue weighted by Gasteiger charge is 2.42. The molecule has 5 nitrogen and oxygen atoms in total. The second-order valence-corrected chi connectivity index (χ2v) is 6.41. The number of hydrogen-bond donors (Lipinski definition) is 1. The highest BCUT2D eigenvalue weighted by atomic mass is 16.7. The van der Waals surface area contributed by atoms with Gasteiger partial charge in [0.15, 0.2) is 5.79 Å². The number of ether oxygens (including phenoxy) is 2. The average Bonchev–Trinajstić information content (AvgIpc) is 2.97. The van der Waals surface area contributed by atoms with Gasteiger partial charge >= 0.3 is 6.03 Å². The first-order valence-corrected chi connectivity index (χ1v) is 8.17. The lowest BCUT2D eigenvalue weighted by molar-refractivity contribution is -0.189. The number of nitrogens with one attached hydrogen (secondary N) is 1. The zero-order valence-electron chi connectivity index (χ0n) is 12.8. The van der Waals surface area contributed by atoms with E-state index < -0.39 is 5.79 Å². The van der Waals surface area contributed by atoms with Crippen LogP contribution in [0, 0.1) is 5.92 Å². The van der Waals surface area contributed by atoms with Gasteiger partial charge in [-0.25, -0.2) is 4.79 Å². The molecule has 21 heavy (non-hydrogen) atoms. The standard InChI is InChI=1S/C16H26N2O3/c1-16(20-10-11-21-16)13-6-5-9-18(12-13)15(19)17-14-7-3-2-4-8-14/h3,7,13-14H,2,4-6,8-12H2,1H3,(H,17,19)/t13-,14+/m1/s1. The Morgan fingerprint density at radius 2 is 2.10 bits per heavy atom. The molecule has 2 saturated heterocycles. The summed E-state index contributed by atoms with van der Waals surface area (Å²) in [5.74, 6) is -0.245. The van der Waals surface area contributed by atoms with Gasteiger partial charge in [0.05, 0.1) is 13.2 Å². The lowest BCUT2D eigenvalue weighted by atomic mass is 9.90. The zero-order valence-corrected chi connectivity index (χ0v) is 12.8. The fourth-order valence-electron chi connectivity index (χ4n) is 3.54. The highest BCUT2D eigenvalue weighted by Crippen LogP contribution is 2.34. The van der Waals surface area contributed by atoms with Crippen LogP contribution < -0.4 is 5.32 Å². The van der Waals surface area contributed by atoms with E-state index in [2.05, 4.69) is 17.5 Å². The minimum atomic E-state index is -0.510. The van der Waals surface area contributed by atoms with Gasteiger partial charge in [-0.05, 0) is 39.0 Å². The van der Waals surface area contributed by atoms with Crippen molar-refractivity contribution < 1.29 is 14.3 Å². The minimum absolute atomic E-state index is 0.0536. The molecule has 2 aliphatic heterocycles. The minimum Gasteiger partial charge on any atom is -0.347 e. The van der Waals surface area contributed by atoms with Crippen molar-refractivity contribution in [3.05, 3.63) is 12.2 Å². The third kappa shape index (κ3) is 3.40. The Balaban J connectivity index is 1.56. The maximum absolute atomic E-state index is 12.4. The van der Waals surface area contributed by atoms with Gasteiger partial charge in [0.25, 0.3) is 0 Å². The normalized spacial score (nSPS) is 32.1. The van der Waals surface area contributed by atoms with Crippen molar-refractivity contribution in [3.63, 3.8) is 0 Å². The van der Waals surface area contributed by atoms with Gasteiger partial charge in [-0.15, -0.1) is 0 Å². The Bertz CT molecular complexity index is 404. The Hall–Kier alpha value is -1.07. The molecule has 2 atom stereocenters. The molecule has 0 aromatic carbocycles. The number of rotatable bonds is 2. The molecule has 0 unspecified atom stereocenters. The number of carbonyl (C=O) groups is 1. The molecule has 2 amide bonds. The molecule has 3 rings (SSSR count). The van der Waals surface area contributed by atoms with Crippen LogP contribution in [0.4, 0.5) is 4.79 Å². The zero-order chi connectivity index (χ0) is 14.7. The number of piperidine rings is 1. The maximum Gasteiger partial charge on any atom is 0.317 e. The molecule has 3 aliphatic rings. The number of amides is 2. The first-order chi connectivity index (χ1) is 10.2. The lowest BCUT2D eigenvalue weighted by Crippen LogP contribution is -2.52. The van der Waals surface area contributed by atoms with E-state index in [4.69, 9.17) is 9.47 Å². The van der Waals surface area contributed by atoms with Crippen molar-refractivity contribution >= 4 is 6.03 Å². The second kappa shape index (κ2) is 6.36. The first kappa shape index (κ1) is 14.9. The summed E-state index contributed by atoms with van der Waals surface area (Å²) in [7, 11) is 0. The van der Waals surface area contributed by atoms with E-state index in [0.717, 1.165) is 45.2 Å². The molecule has 0 spiro atoms. The van der Waals surface area contributed by atoms with Gasteiger partial charge in [-0.2, -0.15) is 0 Å². The number of nitrogens with zero attached hydrogens (tertiary/aromatic N) is 1. The van der Waals surface area contributed by atoms with Crippen LogP contribution >= 0.6 is 0 Å². The number of hydrogen-bond acceptors (Lipinski definition) is 3. The van der Waals surface area contributed by atoms with E-state index in [1.54, 1.807) is 0 Å². The predicted molar refractivity (Wildman–Crippen MR) is 79.9 cm³/mol. The molecule has 0 aromatic heterocycles. The van der Waals surface area contributed by atoms with E-state index in [9.17, 15) is 4.79 Å². The molecule has 1 N–H and O–H groups in total. The fourth-order valence-corrected chi connectivity index (χ4v) is 3.54. The topological polar surface area (TPSA) is 50.8 Å². The summed E-state index contributed by atoms with van der Waals surface area (Å²) in [5, 5.41) is 3.13. The van der Waals surface area contributed by atoms with Crippen molar-refractivity contribution in [2.24, 2.45) is 5.92 Å². The van der Waals surface area contributed by atoms with Gasteiger partial charge in [0.2, 0.25) is 0 Å². The summed E-state index contributed by atoms with van der Waals surface area (Å²) < 4.78 is 11.5. The summed E-state index contributed by atoms with van der Waals surface area (Å²) in [6, 6.07) is 0.249. The molecule has 5 heteroatoms. The van der Waals surface area contributed by atoms with Crippen molar-refractivity contribution in [2.45, 2.75) is 50.9 Å². The molecule has 0 saturated carbocycles. The average molecular weight is 294 g/mol. The molecular weight excluding hydrogens is 268 g/mol. The Morgan fingerprint density at radius 3 is 2.81 bits per heavy atom. The molecule has 118 valence electrons. The van der Waals surface area contributed by atoms with E-state index in [-0.39, 0.29) is 18.0 Å². The molecule has 0 bridgehead atoms. The van der Waals surface area contributed by atoms with Crippen LogP contribution in [0.25, 0.3) is 0 Å². The van der Waals surface area contributed by atoms with E-state index in [0.29, 0.717) is 13.2 Å². The predicted octanol–water partition coefficient (Wildman–Crippen LogP) is 2.28. The molecular formula is C16H26N2O3. The van der Waals surface area contributed by atoms with E-state index in [1.807, 2.05) is 11.8 Å². The second-order valence-electron chi connectivity index (χ2n) is 6.41. The molecule has 2 fully saturated rings. The molecule has 1 aliphatic carbocycles. The summed E-state index contributed by atoms with van der Waals surface area (Å²) in [6.45, 7) is 4.88. The van der Waals surface area contributed by atoms with E-state index >= 15 is 0 Å². The maximum atomic E-state index is 12.4. The molecule has 0 radical (unpaired) electrons. The van der Waals surface area contributed by atoms with Crippen LogP contribution in [0.5, 0.6) is 0 Å². The van der Waals surface area contributed by atoms with Crippen molar-refractivity contribution in [2.75, 3.05) is 26.3 Å². The molecule has 2 heterocycles. The third-order valence-electron chi connectivity index (χ3n) is 4.87. The number of urea groups is 1. The Kier molecular flexibility index (Phi) is 4.50. The Labute approximate surface area is 126 Å². The SMILES string of the molecule is CC1([C@@H]2CCCN(C(=O)N[C@H]3C=CCCC3)C2)OCCO1. The van der Waals surface area contributed by atoms with Crippen LogP contribution in [-0.4, -0.2) is 49.1 Å². The van der Waals surface area contributed by atoms with Crippen molar-refractivity contribution in [1.82, 2.24) is 10.2 Å². The smallest absolute Gasteiger partial charge is 0.317 e. The summed E-state index contributed by atoms with van der Waals surface area (Å²) in [6.07, 6.45) is 9.69. The van der Waals surface area contributed by atoms with Crippen LogP contribution in [0.2, 0.25) is 0 Å². The summed E-state index contributed by atoms with van der Waals surface area (Å²) >= 11 is 0. The van der Waals surface area contributed by atoms with Gasteiger partial charge < -0.3 is 19.7 Å². The largest absolute Gasteiger partial charge is 0.347 e. The summed E-state index contributed by atoms with van der Waals surface area (Å²) in [4.78, 5) is 14.4. The van der Waals surface area contributed by atoms with Crippen LogP contribution in [0.1, 0.15) is 39.0 Å². The highest BCUT2D eigenvalue weighted by molar-refractivity contribution is 5.75. The number of carbonyl (C=O) groups excluding carboxylic acids is 1. The monoisotopic (exact) mass is 294 g/mol. The van der Waals surface area contributed by atoms with Gasteiger partial charge in [0.1, 0.15) is 0 Å². The Morgan fingerprint density at radius 1 is 1.29 bits per heavy atom. The van der Waals surface area contributed by atoms with Crippen LogP contribution in [0.15, 0.2) is 12.2 Å². The van der Waals surface area contributed by atoms with Crippen LogP contribution in [-0.2, 0) is 9.47 Å². The summed E-state index contributed by atoms with van der Waals surface area (Å²) in [5.41, 5.74) is 0. The van der Waals surface area contributed by atoms with Crippen molar-refractivity contribution in [3.8, 4) is 0 Å². The molecule has 0 aromatic rings. The first-order valence-electron chi connectivity index (χ1n) is 8.17. The van der Waals surface area contributed by atoms with Crippen LogP contribution in [0.3, 0.4) is 0 Å². The third-order valence-corrected chi connectivity index (χ3v) is 4.87. The van der Waals surface area contributed by atoms with Crippen molar-refractivity contribution in [1.29, 1.82) is 0 Å². The lowest BCUT2D eigenvalue weighted by Gasteiger charge is -2.40. The van der Waals surface area contributed by atoms with E-state index in [1.165, 1.54) is 0 Å². The fraction of sp³-hybridized carbons (Fsp3) is 0.812. The van der Waals surface area contributed by atoms with Gasteiger partial charge in [-0.1, -0.05) is 12.2 Å². The number of likely N-dealkylation sites (tertiary alicyclic amines) is 1. The van der Waals surface area contributed by atoms with Gasteiger partial charge in [0, 0.05) is 25.0 Å².